The fourth-order valence-corrected chi connectivity index (χ4v) is 2.46. The molecular weight excluding hydrogens is 259 g/mol. The van der Waals surface area contributed by atoms with Gasteiger partial charge in [0.05, 0.1) is 12.2 Å². The highest BCUT2D eigenvalue weighted by atomic mass is 19.1. The van der Waals surface area contributed by atoms with Gasteiger partial charge in [0.2, 0.25) is 0 Å². The Morgan fingerprint density at radius 2 is 1.70 bits per heavy atom. The van der Waals surface area contributed by atoms with Gasteiger partial charge in [-0.3, -0.25) is 9.69 Å². The van der Waals surface area contributed by atoms with Crippen LogP contribution < -0.4 is 0 Å². The van der Waals surface area contributed by atoms with E-state index >= 15 is 0 Å². The molecule has 20 heavy (non-hydrogen) atoms. The van der Waals surface area contributed by atoms with Gasteiger partial charge in [-0.25, -0.2) is 4.39 Å². The third kappa shape index (κ3) is 4.10. The van der Waals surface area contributed by atoms with Crippen molar-refractivity contribution in [2.75, 3.05) is 45.9 Å². The number of piperazine rings is 1. The second-order valence-corrected chi connectivity index (χ2v) is 5.06. The molecule has 1 aliphatic heterocycles. The van der Waals surface area contributed by atoms with Crippen molar-refractivity contribution >= 4 is 5.78 Å². The number of Topliss-reactive ketones (excluding diaryl/α,β-unsaturated/α-hetero) is 1. The lowest BCUT2D eigenvalue weighted by atomic mass is 10.1. The van der Waals surface area contributed by atoms with E-state index < -0.39 is 5.82 Å². The van der Waals surface area contributed by atoms with Crippen LogP contribution in [0.3, 0.4) is 0 Å². The molecule has 1 heterocycles. The van der Waals surface area contributed by atoms with Crippen molar-refractivity contribution < 1.29 is 14.3 Å². The molecule has 0 atom stereocenters. The molecule has 5 heteroatoms. The van der Waals surface area contributed by atoms with Crippen molar-refractivity contribution in [1.29, 1.82) is 0 Å². The van der Waals surface area contributed by atoms with Gasteiger partial charge in [0.25, 0.3) is 0 Å². The normalized spacial score (nSPS) is 17.3. The Morgan fingerprint density at radius 3 is 2.30 bits per heavy atom. The first kappa shape index (κ1) is 15.1. The van der Waals surface area contributed by atoms with E-state index in [4.69, 9.17) is 5.11 Å². The molecule has 1 aliphatic rings. The lowest BCUT2D eigenvalue weighted by Crippen LogP contribution is -2.47. The van der Waals surface area contributed by atoms with Gasteiger partial charge < -0.3 is 10.0 Å². The first-order valence-corrected chi connectivity index (χ1v) is 7.04. The topological polar surface area (TPSA) is 43.8 Å². The molecule has 1 saturated heterocycles. The number of nitrogens with zero attached hydrogens (tertiary/aromatic N) is 2. The van der Waals surface area contributed by atoms with Crippen LogP contribution in [0.4, 0.5) is 4.39 Å². The van der Waals surface area contributed by atoms with Crippen molar-refractivity contribution in [2.24, 2.45) is 0 Å². The monoisotopic (exact) mass is 280 g/mol. The number of β-amino-alcohol motifs (C(OH)–C–C–N with tert-alkyl or cyclic N) is 1. The molecule has 0 saturated carbocycles. The number of carbonyl (C=O) groups is 1. The lowest BCUT2D eigenvalue weighted by Gasteiger charge is -2.34. The number of halogens is 1. The summed E-state index contributed by atoms with van der Waals surface area (Å²) in [5.41, 5.74) is 0.186. The van der Waals surface area contributed by atoms with Gasteiger partial charge in [0, 0.05) is 45.7 Å². The lowest BCUT2D eigenvalue weighted by molar-refractivity contribution is 0.0903. The van der Waals surface area contributed by atoms with E-state index in [1.807, 2.05) is 0 Å². The van der Waals surface area contributed by atoms with Crippen LogP contribution in [0.15, 0.2) is 24.3 Å². The fourth-order valence-electron chi connectivity index (χ4n) is 2.46. The predicted octanol–water partition coefficient (Wildman–Crippen LogP) is 1.01. The number of carbonyl (C=O) groups excluding carboxylic acids is 1. The third-order valence-corrected chi connectivity index (χ3v) is 3.71. The number of ketones is 1. The molecule has 1 fully saturated rings. The SMILES string of the molecule is O=C(CCN1CCN(CCO)CC1)c1ccccc1F. The summed E-state index contributed by atoms with van der Waals surface area (Å²) in [6.45, 7) is 5.17. The molecule has 0 unspecified atom stereocenters. The summed E-state index contributed by atoms with van der Waals surface area (Å²) in [5.74, 6) is -0.578. The summed E-state index contributed by atoms with van der Waals surface area (Å²) in [6.07, 6.45) is 0.348. The van der Waals surface area contributed by atoms with Crippen LogP contribution in [0.2, 0.25) is 0 Å². The van der Waals surface area contributed by atoms with Crippen molar-refractivity contribution in [2.45, 2.75) is 6.42 Å². The van der Waals surface area contributed by atoms with Crippen LogP contribution >= 0.6 is 0 Å². The third-order valence-electron chi connectivity index (χ3n) is 3.71. The van der Waals surface area contributed by atoms with E-state index in [0.29, 0.717) is 19.5 Å². The number of aliphatic hydroxyl groups excluding tert-OH is 1. The van der Waals surface area contributed by atoms with Gasteiger partial charge in [-0.15, -0.1) is 0 Å². The first-order chi connectivity index (χ1) is 9.70. The highest BCUT2D eigenvalue weighted by molar-refractivity contribution is 5.96. The molecule has 0 bridgehead atoms. The zero-order valence-electron chi connectivity index (χ0n) is 11.6. The zero-order chi connectivity index (χ0) is 14.4. The minimum Gasteiger partial charge on any atom is -0.395 e. The average molecular weight is 280 g/mol. The van der Waals surface area contributed by atoms with Crippen LogP contribution in [-0.2, 0) is 0 Å². The van der Waals surface area contributed by atoms with E-state index in [9.17, 15) is 9.18 Å². The first-order valence-electron chi connectivity index (χ1n) is 7.04. The fraction of sp³-hybridized carbons (Fsp3) is 0.533. The van der Waals surface area contributed by atoms with Crippen molar-refractivity contribution in [3.63, 3.8) is 0 Å². The van der Waals surface area contributed by atoms with Crippen molar-refractivity contribution in [3.05, 3.63) is 35.6 Å². The Morgan fingerprint density at radius 1 is 1.10 bits per heavy atom. The van der Waals surface area contributed by atoms with Gasteiger partial charge in [0.15, 0.2) is 5.78 Å². The minimum absolute atomic E-state index is 0.138. The number of rotatable bonds is 6. The summed E-state index contributed by atoms with van der Waals surface area (Å²) < 4.78 is 13.5. The average Bonchev–Trinajstić information content (AvgIpc) is 2.47. The molecule has 0 spiro atoms. The van der Waals surface area contributed by atoms with Gasteiger partial charge >= 0.3 is 0 Å². The second kappa shape index (κ2) is 7.47. The highest BCUT2D eigenvalue weighted by Gasteiger charge is 2.18. The van der Waals surface area contributed by atoms with E-state index in [-0.39, 0.29) is 18.0 Å². The van der Waals surface area contributed by atoms with Crippen LogP contribution in [0, 0.1) is 5.82 Å². The van der Waals surface area contributed by atoms with E-state index in [2.05, 4.69) is 9.80 Å². The quantitative estimate of drug-likeness (QED) is 0.790. The molecule has 0 radical (unpaired) electrons. The van der Waals surface area contributed by atoms with Gasteiger partial charge in [-0.1, -0.05) is 12.1 Å². The maximum absolute atomic E-state index is 13.5. The molecule has 1 aromatic rings. The van der Waals surface area contributed by atoms with Crippen LogP contribution in [0.1, 0.15) is 16.8 Å². The summed E-state index contributed by atoms with van der Waals surface area (Å²) >= 11 is 0. The standard InChI is InChI=1S/C15H21FN2O2/c16-14-4-2-1-3-13(14)15(20)5-6-17-7-9-18(10-8-17)11-12-19/h1-4,19H,5-12H2. The molecule has 1 aromatic carbocycles. The Hall–Kier alpha value is -1.30. The minimum atomic E-state index is -0.440. The van der Waals surface area contributed by atoms with Gasteiger partial charge in [-0.05, 0) is 12.1 Å². The molecule has 4 nitrogen and oxygen atoms in total. The largest absolute Gasteiger partial charge is 0.395 e. The molecule has 0 amide bonds. The second-order valence-electron chi connectivity index (χ2n) is 5.06. The maximum atomic E-state index is 13.5. The van der Waals surface area contributed by atoms with Crippen molar-refractivity contribution in [1.82, 2.24) is 9.80 Å². The number of aliphatic hydroxyl groups is 1. The molecule has 110 valence electrons. The Bertz CT molecular complexity index is 445. The summed E-state index contributed by atoms with van der Waals surface area (Å²) in [6, 6.07) is 6.13. The molecule has 0 aromatic heterocycles. The molecule has 1 N–H and O–H groups in total. The van der Waals surface area contributed by atoms with Crippen LogP contribution in [-0.4, -0.2) is 66.6 Å². The smallest absolute Gasteiger partial charge is 0.167 e. The van der Waals surface area contributed by atoms with Crippen LogP contribution in [0.25, 0.3) is 0 Å². The highest BCUT2D eigenvalue weighted by Crippen LogP contribution is 2.10. The Balaban J connectivity index is 1.76. The Kier molecular flexibility index (Phi) is 5.64. The molecule has 2 rings (SSSR count). The van der Waals surface area contributed by atoms with Crippen LogP contribution in [0.5, 0.6) is 0 Å². The van der Waals surface area contributed by atoms with Crippen molar-refractivity contribution in [3.8, 4) is 0 Å². The van der Waals surface area contributed by atoms with E-state index in [1.165, 1.54) is 12.1 Å². The number of hydrogen-bond donors (Lipinski definition) is 1. The Labute approximate surface area is 118 Å². The number of benzene rings is 1. The predicted molar refractivity (Wildman–Crippen MR) is 75.3 cm³/mol. The summed E-state index contributed by atoms with van der Waals surface area (Å²) in [4.78, 5) is 16.4. The molecule has 0 aliphatic carbocycles. The maximum Gasteiger partial charge on any atom is 0.167 e. The zero-order valence-corrected chi connectivity index (χ0v) is 11.6. The number of hydrogen-bond acceptors (Lipinski definition) is 4. The van der Waals surface area contributed by atoms with E-state index in [0.717, 1.165) is 26.2 Å². The van der Waals surface area contributed by atoms with Gasteiger partial charge in [-0.2, -0.15) is 0 Å². The van der Waals surface area contributed by atoms with E-state index in [1.54, 1.807) is 12.1 Å². The molecular formula is C15H21FN2O2. The summed E-state index contributed by atoms with van der Waals surface area (Å²) in [5, 5.41) is 8.88. The summed E-state index contributed by atoms with van der Waals surface area (Å²) in [7, 11) is 0. The van der Waals surface area contributed by atoms with Gasteiger partial charge in [0.1, 0.15) is 5.82 Å².